The van der Waals surface area contributed by atoms with E-state index < -0.39 is 9.84 Å². The van der Waals surface area contributed by atoms with Crippen LogP contribution in [0.15, 0.2) is 0 Å². The Hall–Kier alpha value is -0.0900. The Morgan fingerprint density at radius 2 is 1.67 bits per heavy atom. The normalized spacial score (nSPS) is 34.4. The van der Waals surface area contributed by atoms with Gasteiger partial charge in [0.2, 0.25) is 0 Å². The largest absolute Gasteiger partial charge is 0.327 e. The van der Waals surface area contributed by atoms with Gasteiger partial charge < -0.3 is 5.73 Å². The molecule has 2 aliphatic carbocycles. The lowest BCUT2D eigenvalue weighted by molar-refractivity contribution is 0.226. The van der Waals surface area contributed by atoms with Crippen LogP contribution < -0.4 is 5.73 Å². The Morgan fingerprint density at radius 1 is 1.06 bits per heavy atom. The van der Waals surface area contributed by atoms with Gasteiger partial charge in [-0.05, 0) is 37.5 Å². The summed E-state index contributed by atoms with van der Waals surface area (Å²) in [5, 5.41) is -0.416. The molecule has 2 aliphatic rings. The summed E-state index contributed by atoms with van der Waals surface area (Å²) in [4.78, 5) is 0. The lowest BCUT2D eigenvalue weighted by atomic mass is 9.75. The Morgan fingerprint density at radius 3 is 2.28 bits per heavy atom. The number of nitrogens with two attached hydrogens (primary N) is 1. The highest BCUT2D eigenvalue weighted by Gasteiger charge is 2.43. The van der Waals surface area contributed by atoms with Crippen LogP contribution in [0.2, 0.25) is 0 Å². The van der Waals surface area contributed by atoms with Gasteiger partial charge in [0.15, 0.2) is 9.84 Å². The molecule has 0 aliphatic heterocycles. The van der Waals surface area contributed by atoms with Crippen molar-refractivity contribution in [3.63, 3.8) is 0 Å². The van der Waals surface area contributed by atoms with E-state index in [4.69, 9.17) is 5.73 Å². The molecule has 0 aromatic carbocycles. The van der Waals surface area contributed by atoms with E-state index in [0.717, 1.165) is 44.9 Å². The maximum atomic E-state index is 12.8. The van der Waals surface area contributed by atoms with Gasteiger partial charge in [-0.25, -0.2) is 8.42 Å². The molecule has 4 heteroatoms. The van der Waals surface area contributed by atoms with Crippen molar-refractivity contribution in [2.24, 2.45) is 11.1 Å². The molecule has 106 valence electrons. The van der Waals surface area contributed by atoms with Gasteiger partial charge in [0.1, 0.15) is 0 Å². The van der Waals surface area contributed by atoms with E-state index in [1.54, 1.807) is 0 Å². The van der Waals surface area contributed by atoms with Crippen LogP contribution >= 0.6 is 0 Å². The van der Waals surface area contributed by atoms with Crippen molar-refractivity contribution >= 4 is 9.84 Å². The van der Waals surface area contributed by atoms with Crippen molar-refractivity contribution in [1.29, 1.82) is 0 Å². The van der Waals surface area contributed by atoms with Crippen LogP contribution in [0.5, 0.6) is 0 Å². The molecule has 0 heterocycles. The van der Waals surface area contributed by atoms with Gasteiger partial charge in [-0.2, -0.15) is 0 Å². The van der Waals surface area contributed by atoms with Gasteiger partial charge in [0.05, 0.1) is 10.5 Å². The van der Waals surface area contributed by atoms with E-state index in [9.17, 15) is 8.42 Å². The molecule has 2 atom stereocenters. The molecule has 0 bridgehead atoms. The van der Waals surface area contributed by atoms with Crippen molar-refractivity contribution in [2.45, 2.75) is 81.8 Å². The predicted octanol–water partition coefficient (Wildman–Crippen LogP) is 2.64. The third-order valence-corrected chi connectivity index (χ3v) is 7.59. The maximum Gasteiger partial charge on any atom is 0.157 e. The number of hydrogen-bond donors (Lipinski definition) is 1. The number of hydrogen-bond acceptors (Lipinski definition) is 3. The van der Waals surface area contributed by atoms with Gasteiger partial charge in [-0.15, -0.1) is 0 Å². The third kappa shape index (κ3) is 2.90. The standard InChI is InChI=1S/C14H27NO2S/c1-14(2)9-8-12(15)13(10-14)18(16,17)11-6-4-3-5-7-11/h11-13H,3-10,15H2,1-2H3. The molecule has 2 fully saturated rings. The second-order valence-corrected chi connectivity index (χ2v) is 9.41. The monoisotopic (exact) mass is 273 g/mol. The predicted molar refractivity (Wildman–Crippen MR) is 75.2 cm³/mol. The van der Waals surface area contributed by atoms with E-state index in [2.05, 4.69) is 13.8 Å². The molecule has 0 aromatic rings. The summed E-state index contributed by atoms with van der Waals surface area (Å²) in [6, 6.07) is -0.148. The van der Waals surface area contributed by atoms with E-state index in [1.807, 2.05) is 0 Å². The summed E-state index contributed by atoms with van der Waals surface area (Å²) >= 11 is 0. The minimum Gasteiger partial charge on any atom is -0.327 e. The Balaban J connectivity index is 2.16. The highest BCUT2D eigenvalue weighted by molar-refractivity contribution is 7.92. The molecular weight excluding hydrogens is 246 g/mol. The van der Waals surface area contributed by atoms with Crippen LogP contribution in [-0.4, -0.2) is 25.0 Å². The fraction of sp³-hybridized carbons (Fsp3) is 1.00. The van der Waals surface area contributed by atoms with Crippen LogP contribution in [0.25, 0.3) is 0 Å². The first-order valence-corrected chi connectivity index (χ1v) is 8.92. The summed E-state index contributed by atoms with van der Waals surface area (Å²) in [6.07, 6.45) is 7.66. The van der Waals surface area contributed by atoms with E-state index in [1.165, 1.54) is 6.42 Å². The second-order valence-electron chi connectivity index (χ2n) is 6.96. The van der Waals surface area contributed by atoms with Gasteiger partial charge in [0, 0.05) is 6.04 Å². The van der Waals surface area contributed by atoms with Crippen molar-refractivity contribution in [1.82, 2.24) is 0 Å². The van der Waals surface area contributed by atoms with E-state index in [0.29, 0.717) is 0 Å². The Bertz CT molecular complexity index is 383. The molecule has 0 radical (unpaired) electrons. The lowest BCUT2D eigenvalue weighted by Crippen LogP contribution is -2.50. The topological polar surface area (TPSA) is 60.2 Å². The fourth-order valence-corrected chi connectivity index (χ4v) is 6.33. The lowest BCUT2D eigenvalue weighted by Gasteiger charge is -2.40. The smallest absolute Gasteiger partial charge is 0.157 e. The quantitative estimate of drug-likeness (QED) is 0.841. The van der Waals surface area contributed by atoms with Crippen molar-refractivity contribution < 1.29 is 8.42 Å². The molecule has 3 nitrogen and oxygen atoms in total. The number of sulfone groups is 1. The van der Waals surface area contributed by atoms with Gasteiger partial charge in [-0.1, -0.05) is 33.1 Å². The Labute approximate surface area is 111 Å². The van der Waals surface area contributed by atoms with Gasteiger partial charge in [-0.3, -0.25) is 0 Å². The van der Waals surface area contributed by atoms with Crippen LogP contribution in [0.1, 0.15) is 65.2 Å². The summed E-state index contributed by atoms with van der Waals surface area (Å²) in [7, 11) is -3.03. The molecule has 2 N–H and O–H groups in total. The first kappa shape index (κ1) is 14.3. The van der Waals surface area contributed by atoms with Crippen LogP contribution in [0.3, 0.4) is 0 Å². The molecule has 0 spiro atoms. The molecule has 2 rings (SSSR count). The molecule has 18 heavy (non-hydrogen) atoms. The summed E-state index contributed by atoms with van der Waals surface area (Å²) in [5.74, 6) is 0. The molecule has 2 saturated carbocycles. The average Bonchev–Trinajstić information content (AvgIpc) is 2.33. The first-order valence-electron chi connectivity index (χ1n) is 7.31. The first-order chi connectivity index (χ1) is 8.33. The Kier molecular flexibility index (Phi) is 4.07. The number of rotatable bonds is 2. The zero-order valence-corrected chi connectivity index (χ0v) is 12.5. The second kappa shape index (κ2) is 5.12. The third-order valence-electron chi connectivity index (χ3n) is 4.82. The van der Waals surface area contributed by atoms with Crippen LogP contribution in [0.4, 0.5) is 0 Å². The minimum absolute atomic E-state index is 0.115. The molecular formula is C14H27NO2S. The molecule has 2 unspecified atom stereocenters. The van der Waals surface area contributed by atoms with Crippen molar-refractivity contribution in [3.05, 3.63) is 0 Å². The SMILES string of the molecule is CC1(C)CCC(N)C(S(=O)(=O)C2CCCCC2)C1. The minimum atomic E-state index is -3.03. The summed E-state index contributed by atoms with van der Waals surface area (Å²) < 4.78 is 25.5. The summed E-state index contributed by atoms with van der Waals surface area (Å²) in [5.41, 5.74) is 6.24. The van der Waals surface area contributed by atoms with Gasteiger partial charge >= 0.3 is 0 Å². The molecule has 0 amide bonds. The van der Waals surface area contributed by atoms with E-state index >= 15 is 0 Å². The van der Waals surface area contributed by atoms with Crippen molar-refractivity contribution in [3.8, 4) is 0 Å². The molecule has 0 aromatic heterocycles. The fourth-order valence-electron chi connectivity index (χ4n) is 3.54. The van der Waals surface area contributed by atoms with Crippen molar-refractivity contribution in [2.75, 3.05) is 0 Å². The maximum absolute atomic E-state index is 12.8. The highest BCUT2D eigenvalue weighted by atomic mass is 32.2. The van der Waals surface area contributed by atoms with Crippen LogP contribution in [0, 0.1) is 5.41 Å². The zero-order valence-electron chi connectivity index (χ0n) is 11.7. The highest BCUT2D eigenvalue weighted by Crippen LogP contribution is 2.40. The zero-order chi connectivity index (χ0) is 13.4. The average molecular weight is 273 g/mol. The van der Waals surface area contributed by atoms with Gasteiger partial charge in [0.25, 0.3) is 0 Å². The van der Waals surface area contributed by atoms with E-state index in [-0.39, 0.29) is 22.0 Å². The van der Waals surface area contributed by atoms with Crippen LogP contribution in [-0.2, 0) is 9.84 Å². The summed E-state index contributed by atoms with van der Waals surface area (Å²) in [6.45, 7) is 4.34. The molecule has 0 saturated heterocycles.